The number of nitrogens with zero attached hydrogens (tertiary/aromatic N) is 2. The third-order valence-electron chi connectivity index (χ3n) is 7.80. The molecule has 0 unspecified atom stereocenters. The molecule has 1 aromatic carbocycles. The largest absolute Gasteiger partial charge is 0.396 e. The van der Waals surface area contributed by atoms with Gasteiger partial charge in [-0.1, -0.05) is 13.8 Å². The average Bonchev–Trinajstić information content (AvgIpc) is 3.06. The molecular formula is C25H38FN3O. The molecule has 1 saturated carbocycles. The maximum atomic E-state index is 14.0. The summed E-state index contributed by atoms with van der Waals surface area (Å²) in [7, 11) is 0. The van der Waals surface area contributed by atoms with Crippen molar-refractivity contribution >= 4 is 10.9 Å². The molecule has 0 spiro atoms. The van der Waals surface area contributed by atoms with Crippen molar-refractivity contribution in [3.8, 4) is 0 Å². The molecule has 0 bridgehead atoms. The van der Waals surface area contributed by atoms with Crippen LogP contribution in [-0.2, 0) is 13.0 Å². The number of likely N-dealkylation sites (tertiary alicyclic amines) is 1. The summed E-state index contributed by atoms with van der Waals surface area (Å²) in [6.45, 7) is 7.44. The van der Waals surface area contributed by atoms with Gasteiger partial charge in [-0.2, -0.15) is 0 Å². The number of rotatable bonds is 6. The summed E-state index contributed by atoms with van der Waals surface area (Å²) in [6, 6.07) is 6.18. The Morgan fingerprint density at radius 1 is 1.07 bits per heavy atom. The van der Waals surface area contributed by atoms with Gasteiger partial charge in [-0.25, -0.2) is 4.39 Å². The van der Waals surface area contributed by atoms with Crippen LogP contribution in [0.25, 0.3) is 10.9 Å². The minimum atomic E-state index is -0.225. The molecular weight excluding hydrogens is 377 g/mol. The van der Waals surface area contributed by atoms with Crippen molar-refractivity contribution in [2.45, 2.75) is 77.4 Å². The van der Waals surface area contributed by atoms with Gasteiger partial charge >= 0.3 is 0 Å². The monoisotopic (exact) mass is 415 g/mol. The van der Waals surface area contributed by atoms with E-state index in [9.17, 15) is 9.50 Å². The van der Waals surface area contributed by atoms with Gasteiger partial charge in [0, 0.05) is 61.3 Å². The molecule has 3 N–H and O–H groups in total. The van der Waals surface area contributed by atoms with Crippen molar-refractivity contribution < 1.29 is 9.50 Å². The standard InChI is InChI=1S/C25H38FN3O/c1-17(2)18-3-6-20(7-4-18)28-12-9-21(10-13-28)29-24-8-5-19(26)15-22(24)23(16-27)25(29)11-14-30/h5,8,15,17-18,20-21,30H,3-4,6-7,9-14,16,27H2,1-2H3/t18-,20+. The first kappa shape index (κ1) is 21.8. The Morgan fingerprint density at radius 3 is 2.37 bits per heavy atom. The first-order chi connectivity index (χ1) is 14.5. The second-order valence-electron chi connectivity index (χ2n) is 9.71. The van der Waals surface area contributed by atoms with Crippen LogP contribution in [0.1, 0.15) is 69.7 Å². The highest BCUT2D eigenvalue weighted by atomic mass is 19.1. The first-order valence-electron chi connectivity index (χ1n) is 11.9. The summed E-state index contributed by atoms with van der Waals surface area (Å²) < 4.78 is 16.3. The zero-order chi connectivity index (χ0) is 21.3. The Balaban J connectivity index is 1.51. The Kier molecular flexibility index (Phi) is 6.81. The summed E-state index contributed by atoms with van der Waals surface area (Å²) >= 11 is 0. The third-order valence-corrected chi connectivity index (χ3v) is 7.80. The van der Waals surface area contributed by atoms with Crippen LogP contribution in [0.15, 0.2) is 18.2 Å². The van der Waals surface area contributed by atoms with Crippen LogP contribution >= 0.6 is 0 Å². The predicted molar refractivity (Wildman–Crippen MR) is 121 cm³/mol. The molecule has 2 aliphatic rings. The van der Waals surface area contributed by atoms with E-state index < -0.39 is 0 Å². The van der Waals surface area contributed by atoms with Gasteiger partial charge in [-0.15, -0.1) is 0 Å². The number of benzene rings is 1. The number of aromatic nitrogens is 1. The highest BCUT2D eigenvalue weighted by Crippen LogP contribution is 2.37. The molecule has 1 aliphatic carbocycles. The van der Waals surface area contributed by atoms with Crippen molar-refractivity contribution in [2.24, 2.45) is 17.6 Å². The summed E-state index contributed by atoms with van der Waals surface area (Å²) in [6.07, 6.45) is 8.20. The Hall–Kier alpha value is -1.43. The molecule has 1 aromatic heterocycles. The van der Waals surface area contributed by atoms with E-state index in [0.717, 1.165) is 66.0 Å². The molecule has 4 rings (SSSR count). The van der Waals surface area contributed by atoms with E-state index in [2.05, 4.69) is 23.3 Å². The van der Waals surface area contributed by atoms with Crippen LogP contribution < -0.4 is 5.73 Å². The summed E-state index contributed by atoms with van der Waals surface area (Å²) in [5.74, 6) is 1.49. The lowest BCUT2D eigenvalue weighted by atomic mass is 9.79. The number of hydrogen-bond donors (Lipinski definition) is 2. The number of nitrogens with two attached hydrogens (primary N) is 1. The van der Waals surface area contributed by atoms with E-state index >= 15 is 0 Å². The number of piperidine rings is 1. The van der Waals surface area contributed by atoms with E-state index in [4.69, 9.17) is 5.73 Å². The third kappa shape index (κ3) is 4.17. The number of aliphatic hydroxyl groups is 1. The van der Waals surface area contributed by atoms with Crippen molar-refractivity contribution in [1.82, 2.24) is 9.47 Å². The second kappa shape index (κ2) is 9.37. The maximum Gasteiger partial charge on any atom is 0.123 e. The normalized spacial score (nSPS) is 24.2. The number of aliphatic hydroxyl groups excluding tert-OH is 1. The van der Waals surface area contributed by atoms with Gasteiger partial charge in [0.05, 0.1) is 0 Å². The van der Waals surface area contributed by atoms with E-state index in [1.165, 1.54) is 25.7 Å². The number of halogens is 1. The lowest BCUT2D eigenvalue weighted by Crippen LogP contribution is -2.44. The van der Waals surface area contributed by atoms with Crippen molar-refractivity contribution in [1.29, 1.82) is 0 Å². The zero-order valence-corrected chi connectivity index (χ0v) is 18.6. The molecule has 5 heteroatoms. The van der Waals surface area contributed by atoms with Crippen molar-refractivity contribution in [3.05, 3.63) is 35.3 Å². The van der Waals surface area contributed by atoms with Gasteiger partial charge in [0.2, 0.25) is 0 Å². The van der Waals surface area contributed by atoms with Crippen LogP contribution in [0, 0.1) is 17.7 Å². The van der Waals surface area contributed by atoms with Gasteiger partial charge in [0.25, 0.3) is 0 Å². The van der Waals surface area contributed by atoms with Crippen LogP contribution in [0.2, 0.25) is 0 Å². The molecule has 4 nitrogen and oxygen atoms in total. The maximum absolute atomic E-state index is 14.0. The molecule has 0 radical (unpaired) electrons. The molecule has 0 amide bonds. The van der Waals surface area contributed by atoms with Gasteiger partial charge in [-0.3, -0.25) is 0 Å². The fraction of sp³-hybridized carbons (Fsp3) is 0.680. The van der Waals surface area contributed by atoms with Crippen LogP contribution in [0.5, 0.6) is 0 Å². The Labute approximate surface area is 180 Å². The molecule has 1 aliphatic heterocycles. The smallest absolute Gasteiger partial charge is 0.123 e. The summed E-state index contributed by atoms with van der Waals surface area (Å²) in [4.78, 5) is 2.72. The fourth-order valence-electron chi connectivity index (χ4n) is 6.07. The highest BCUT2D eigenvalue weighted by Gasteiger charge is 2.31. The summed E-state index contributed by atoms with van der Waals surface area (Å²) in [5.41, 5.74) is 9.22. The minimum Gasteiger partial charge on any atom is -0.396 e. The highest BCUT2D eigenvalue weighted by molar-refractivity contribution is 5.86. The van der Waals surface area contributed by atoms with Gasteiger partial charge < -0.3 is 20.3 Å². The quantitative estimate of drug-likeness (QED) is 0.723. The number of hydrogen-bond acceptors (Lipinski definition) is 3. The Morgan fingerprint density at radius 2 is 1.77 bits per heavy atom. The van der Waals surface area contributed by atoms with Gasteiger partial charge in [-0.05, 0) is 74.1 Å². The second-order valence-corrected chi connectivity index (χ2v) is 9.71. The van der Waals surface area contributed by atoms with Crippen molar-refractivity contribution in [3.63, 3.8) is 0 Å². The van der Waals surface area contributed by atoms with E-state index in [1.54, 1.807) is 12.1 Å². The lowest BCUT2D eigenvalue weighted by Gasteiger charge is -2.42. The Bertz CT molecular complexity index is 846. The van der Waals surface area contributed by atoms with Crippen LogP contribution in [-0.4, -0.2) is 40.3 Å². The van der Waals surface area contributed by atoms with Crippen LogP contribution in [0.4, 0.5) is 4.39 Å². The van der Waals surface area contributed by atoms with Gasteiger partial charge in [0.1, 0.15) is 5.82 Å². The molecule has 2 aromatic rings. The number of fused-ring (bicyclic) bond motifs is 1. The fourth-order valence-corrected chi connectivity index (χ4v) is 6.07. The molecule has 166 valence electrons. The summed E-state index contributed by atoms with van der Waals surface area (Å²) in [5, 5.41) is 10.6. The average molecular weight is 416 g/mol. The first-order valence-corrected chi connectivity index (χ1v) is 11.9. The van der Waals surface area contributed by atoms with E-state index in [-0.39, 0.29) is 12.4 Å². The molecule has 2 fully saturated rings. The van der Waals surface area contributed by atoms with E-state index in [0.29, 0.717) is 19.0 Å². The predicted octanol–water partition coefficient (Wildman–Crippen LogP) is 4.63. The molecule has 30 heavy (non-hydrogen) atoms. The zero-order valence-electron chi connectivity index (χ0n) is 18.6. The minimum absolute atomic E-state index is 0.0870. The van der Waals surface area contributed by atoms with Crippen LogP contribution in [0.3, 0.4) is 0 Å². The molecule has 1 saturated heterocycles. The molecule has 2 heterocycles. The SMILES string of the molecule is CC(C)[C@H]1CC[C@@H](N2CCC(n3c(CCO)c(CN)c4cc(F)ccc43)CC2)CC1. The van der Waals surface area contributed by atoms with E-state index in [1.807, 2.05) is 6.07 Å². The topological polar surface area (TPSA) is 54.4 Å². The lowest BCUT2D eigenvalue weighted by molar-refractivity contribution is 0.0888. The molecule has 0 atom stereocenters. The van der Waals surface area contributed by atoms with Crippen molar-refractivity contribution in [2.75, 3.05) is 19.7 Å². The van der Waals surface area contributed by atoms with Gasteiger partial charge in [0.15, 0.2) is 0 Å².